The van der Waals surface area contributed by atoms with Crippen LogP contribution < -0.4 is 19.5 Å². The second kappa shape index (κ2) is 9.91. The fraction of sp³-hybridized carbons (Fsp3) is 0.250. The number of benzene rings is 3. The Bertz CT molecular complexity index is 1250. The van der Waals surface area contributed by atoms with Crippen LogP contribution in [0.5, 0.6) is 17.2 Å². The molecule has 0 aliphatic carbocycles. The van der Waals surface area contributed by atoms with E-state index in [1.807, 2.05) is 53.2 Å². The molecule has 2 heterocycles. The van der Waals surface area contributed by atoms with Crippen molar-refractivity contribution in [3.63, 3.8) is 0 Å². The number of rotatable bonds is 7. The van der Waals surface area contributed by atoms with Crippen LogP contribution >= 0.6 is 0 Å². The number of aromatic nitrogens is 2. The summed E-state index contributed by atoms with van der Waals surface area (Å²) in [6.07, 6.45) is 3.23. The Hall–Kier alpha value is -3.93. The van der Waals surface area contributed by atoms with Crippen molar-refractivity contribution in [2.75, 3.05) is 26.1 Å². The highest BCUT2D eigenvalue weighted by Crippen LogP contribution is 2.38. The minimum atomic E-state index is 0.544. The largest absolute Gasteiger partial charge is 0.493 e. The molecule has 0 saturated heterocycles. The first-order chi connectivity index (χ1) is 16.8. The van der Waals surface area contributed by atoms with Gasteiger partial charge in [0.05, 0.1) is 25.6 Å². The molecule has 1 aliphatic rings. The third-order valence-electron chi connectivity index (χ3n) is 6.12. The summed E-state index contributed by atoms with van der Waals surface area (Å²) in [5.41, 5.74) is 5.35. The van der Waals surface area contributed by atoms with E-state index in [4.69, 9.17) is 19.3 Å². The summed E-state index contributed by atoms with van der Waals surface area (Å²) < 4.78 is 18.9. The van der Waals surface area contributed by atoms with E-state index in [-0.39, 0.29) is 0 Å². The van der Waals surface area contributed by atoms with Gasteiger partial charge in [0, 0.05) is 17.7 Å². The van der Waals surface area contributed by atoms with Gasteiger partial charge in [-0.25, -0.2) is 4.68 Å². The maximum absolute atomic E-state index is 5.97. The van der Waals surface area contributed by atoms with Crippen LogP contribution in [0.4, 0.5) is 5.82 Å². The normalized spacial score (nSPS) is 12.9. The molecule has 0 saturated carbocycles. The van der Waals surface area contributed by atoms with Crippen molar-refractivity contribution in [3.8, 4) is 34.2 Å². The van der Waals surface area contributed by atoms with Crippen molar-refractivity contribution in [2.45, 2.75) is 25.9 Å². The molecule has 0 radical (unpaired) electrons. The van der Waals surface area contributed by atoms with Crippen LogP contribution in [0.2, 0.25) is 0 Å². The standard InChI is InChI=1S/C28H29N3O3/c1-32-25-16-11-21(18-26(25)33-2)27-24-10-6-7-17-29-28(24)31(30-27)22-12-14-23(15-13-22)34-19-20-8-4-3-5-9-20/h3-5,8-9,11-16,18,29H,6-7,10,17,19H2,1-2H3. The van der Waals surface area contributed by atoms with E-state index < -0.39 is 0 Å². The Kier molecular flexibility index (Phi) is 6.38. The average Bonchev–Trinajstić information content (AvgIpc) is 3.08. The molecule has 0 atom stereocenters. The SMILES string of the molecule is COc1ccc(-c2nn(-c3ccc(OCc4ccccc4)cc3)c3c2CCCCN3)cc1OC. The van der Waals surface area contributed by atoms with Crippen molar-refractivity contribution in [1.82, 2.24) is 9.78 Å². The molecule has 1 aromatic heterocycles. The van der Waals surface area contributed by atoms with E-state index >= 15 is 0 Å². The van der Waals surface area contributed by atoms with Gasteiger partial charge >= 0.3 is 0 Å². The molecule has 0 unspecified atom stereocenters. The number of nitrogens with one attached hydrogen (secondary N) is 1. The van der Waals surface area contributed by atoms with Crippen LogP contribution in [-0.4, -0.2) is 30.5 Å². The third kappa shape index (κ3) is 4.44. The summed E-state index contributed by atoms with van der Waals surface area (Å²) in [7, 11) is 3.30. The summed E-state index contributed by atoms with van der Waals surface area (Å²) >= 11 is 0. The topological polar surface area (TPSA) is 57.5 Å². The number of hydrogen-bond donors (Lipinski definition) is 1. The molecule has 174 valence electrons. The van der Waals surface area contributed by atoms with Gasteiger partial charge in [-0.05, 0) is 67.3 Å². The zero-order chi connectivity index (χ0) is 23.3. The number of hydrogen-bond acceptors (Lipinski definition) is 5. The van der Waals surface area contributed by atoms with Crippen molar-refractivity contribution in [1.29, 1.82) is 0 Å². The average molecular weight is 456 g/mol. The molecule has 6 nitrogen and oxygen atoms in total. The van der Waals surface area contributed by atoms with E-state index in [0.29, 0.717) is 18.1 Å². The molecular formula is C28H29N3O3. The Morgan fingerprint density at radius 3 is 2.44 bits per heavy atom. The Balaban J connectivity index is 1.47. The van der Waals surface area contributed by atoms with Gasteiger partial charge in [-0.1, -0.05) is 30.3 Å². The predicted molar refractivity (Wildman–Crippen MR) is 134 cm³/mol. The number of anilines is 1. The minimum absolute atomic E-state index is 0.544. The van der Waals surface area contributed by atoms with Gasteiger partial charge in [-0.15, -0.1) is 0 Å². The molecule has 0 spiro atoms. The van der Waals surface area contributed by atoms with E-state index in [1.54, 1.807) is 14.2 Å². The molecule has 5 rings (SSSR count). The maximum Gasteiger partial charge on any atom is 0.161 e. The van der Waals surface area contributed by atoms with Crippen LogP contribution in [0.15, 0.2) is 72.8 Å². The minimum Gasteiger partial charge on any atom is -0.493 e. The van der Waals surface area contributed by atoms with E-state index in [9.17, 15) is 0 Å². The molecule has 0 amide bonds. The molecule has 3 aromatic carbocycles. The summed E-state index contributed by atoms with van der Waals surface area (Å²) in [5, 5.41) is 8.65. The maximum atomic E-state index is 5.97. The van der Waals surface area contributed by atoms with Crippen LogP contribution in [0, 0.1) is 0 Å². The van der Waals surface area contributed by atoms with Gasteiger partial charge in [-0.3, -0.25) is 0 Å². The lowest BCUT2D eigenvalue weighted by molar-refractivity contribution is 0.306. The van der Waals surface area contributed by atoms with Gasteiger partial charge in [-0.2, -0.15) is 5.10 Å². The summed E-state index contributed by atoms with van der Waals surface area (Å²) in [6, 6.07) is 24.3. The van der Waals surface area contributed by atoms with E-state index in [2.05, 4.69) is 29.6 Å². The summed E-state index contributed by atoms with van der Waals surface area (Å²) in [5.74, 6) is 3.30. The van der Waals surface area contributed by atoms with Crippen LogP contribution in [-0.2, 0) is 13.0 Å². The molecule has 0 bridgehead atoms. The molecule has 34 heavy (non-hydrogen) atoms. The van der Waals surface area contributed by atoms with E-state index in [0.717, 1.165) is 59.9 Å². The molecule has 0 fully saturated rings. The van der Waals surface area contributed by atoms with Crippen molar-refractivity contribution in [3.05, 3.63) is 83.9 Å². The second-order valence-electron chi connectivity index (χ2n) is 8.31. The van der Waals surface area contributed by atoms with Crippen LogP contribution in [0.1, 0.15) is 24.0 Å². The van der Waals surface area contributed by atoms with E-state index in [1.165, 1.54) is 5.56 Å². The lowest BCUT2D eigenvalue weighted by Gasteiger charge is -2.11. The third-order valence-corrected chi connectivity index (χ3v) is 6.12. The van der Waals surface area contributed by atoms with Gasteiger partial charge in [0.25, 0.3) is 0 Å². The van der Waals surface area contributed by atoms with Gasteiger partial charge in [0.15, 0.2) is 11.5 Å². The first kappa shape index (κ1) is 21.9. The number of methoxy groups -OCH3 is 2. The molecule has 4 aromatic rings. The highest BCUT2D eigenvalue weighted by Gasteiger charge is 2.22. The van der Waals surface area contributed by atoms with Crippen molar-refractivity contribution in [2.24, 2.45) is 0 Å². The Morgan fingerprint density at radius 2 is 1.68 bits per heavy atom. The van der Waals surface area contributed by atoms with Crippen molar-refractivity contribution < 1.29 is 14.2 Å². The van der Waals surface area contributed by atoms with Crippen LogP contribution in [0.3, 0.4) is 0 Å². The highest BCUT2D eigenvalue weighted by atomic mass is 16.5. The first-order valence-corrected chi connectivity index (χ1v) is 11.6. The smallest absolute Gasteiger partial charge is 0.161 e. The van der Waals surface area contributed by atoms with Gasteiger partial charge in [0.1, 0.15) is 18.2 Å². The molecule has 6 heteroatoms. The van der Waals surface area contributed by atoms with Gasteiger partial charge in [0.2, 0.25) is 0 Å². The van der Waals surface area contributed by atoms with Crippen LogP contribution in [0.25, 0.3) is 16.9 Å². The quantitative estimate of drug-likeness (QED) is 0.377. The Labute approximate surface area is 200 Å². The fourth-order valence-corrected chi connectivity index (χ4v) is 4.33. The lowest BCUT2D eigenvalue weighted by atomic mass is 10.0. The molecular weight excluding hydrogens is 426 g/mol. The first-order valence-electron chi connectivity index (χ1n) is 11.6. The molecule has 1 N–H and O–H groups in total. The van der Waals surface area contributed by atoms with Gasteiger partial charge < -0.3 is 19.5 Å². The zero-order valence-electron chi connectivity index (χ0n) is 19.6. The number of ether oxygens (including phenoxy) is 3. The number of nitrogens with zero attached hydrogens (tertiary/aromatic N) is 2. The summed E-state index contributed by atoms with van der Waals surface area (Å²) in [4.78, 5) is 0. The fourth-order valence-electron chi connectivity index (χ4n) is 4.33. The lowest BCUT2D eigenvalue weighted by Crippen LogP contribution is -2.07. The molecule has 1 aliphatic heterocycles. The predicted octanol–water partition coefficient (Wildman–Crippen LogP) is 5.88. The van der Waals surface area contributed by atoms with Crippen molar-refractivity contribution >= 4 is 5.82 Å². The second-order valence-corrected chi connectivity index (χ2v) is 8.31. The zero-order valence-corrected chi connectivity index (χ0v) is 19.6. The monoisotopic (exact) mass is 455 g/mol. The highest BCUT2D eigenvalue weighted by molar-refractivity contribution is 5.73. The number of fused-ring (bicyclic) bond motifs is 1. The Morgan fingerprint density at radius 1 is 0.882 bits per heavy atom. The summed E-state index contributed by atoms with van der Waals surface area (Å²) in [6.45, 7) is 1.48.